The Balaban J connectivity index is 1.40. The first kappa shape index (κ1) is 19.7. The van der Waals surface area contributed by atoms with E-state index in [-0.39, 0.29) is 11.8 Å². The smallest absolute Gasteiger partial charge is 0.227 e. The minimum Gasteiger partial charge on any atom is -0.497 e. The number of fused-ring (bicyclic) bond motifs is 1. The predicted octanol–water partition coefficient (Wildman–Crippen LogP) is 4.51. The molecule has 4 aromatic rings. The van der Waals surface area contributed by atoms with Crippen LogP contribution in [0.1, 0.15) is 29.5 Å². The van der Waals surface area contributed by atoms with Crippen LogP contribution in [-0.4, -0.2) is 22.6 Å². The molecule has 0 fully saturated rings. The van der Waals surface area contributed by atoms with Crippen molar-refractivity contribution >= 4 is 16.7 Å². The van der Waals surface area contributed by atoms with E-state index in [9.17, 15) is 4.79 Å². The predicted molar refractivity (Wildman–Crippen MR) is 119 cm³/mol. The van der Waals surface area contributed by atoms with Crippen molar-refractivity contribution in [2.75, 3.05) is 7.11 Å². The van der Waals surface area contributed by atoms with Gasteiger partial charge in [0.15, 0.2) is 0 Å². The van der Waals surface area contributed by atoms with E-state index in [0.717, 1.165) is 34.2 Å². The lowest BCUT2D eigenvalue weighted by atomic mass is 9.97. The van der Waals surface area contributed by atoms with Gasteiger partial charge in [0.25, 0.3) is 0 Å². The van der Waals surface area contributed by atoms with Crippen LogP contribution in [0.5, 0.6) is 5.75 Å². The maximum atomic E-state index is 12.8. The van der Waals surface area contributed by atoms with Crippen LogP contribution in [0.4, 0.5) is 0 Å². The Bertz CT molecular complexity index is 1150. The van der Waals surface area contributed by atoms with Gasteiger partial charge in [0.1, 0.15) is 5.75 Å². The van der Waals surface area contributed by atoms with Gasteiger partial charge in [-0.05, 0) is 46.5 Å². The molecular weight excluding hydrogens is 374 g/mol. The van der Waals surface area contributed by atoms with Crippen LogP contribution < -0.4 is 10.1 Å². The molecule has 0 aliphatic carbocycles. The van der Waals surface area contributed by atoms with Crippen molar-refractivity contribution in [3.8, 4) is 5.75 Å². The van der Waals surface area contributed by atoms with Gasteiger partial charge in [0, 0.05) is 25.5 Å². The number of aromatic nitrogens is 2. The summed E-state index contributed by atoms with van der Waals surface area (Å²) in [5.74, 6) is 0.616. The van der Waals surface area contributed by atoms with Crippen molar-refractivity contribution in [3.63, 3.8) is 0 Å². The summed E-state index contributed by atoms with van der Waals surface area (Å²) in [6, 6.07) is 20.3. The first-order valence-corrected chi connectivity index (χ1v) is 10.0. The SMILES string of the molecule is COc1ccc2cc([C@H](C)C(=O)NCc3cccc(Cn4ccnc4)c3)ccc2c1. The Morgan fingerprint density at radius 2 is 1.87 bits per heavy atom. The fourth-order valence-electron chi connectivity index (χ4n) is 3.56. The number of hydrogen-bond donors (Lipinski definition) is 1. The summed E-state index contributed by atoms with van der Waals surface area (Å²) < 4.78 is 7.30. The second-order valence-electron chi connectivity index (χ2n) is 7.47. The summed E-state index contributed by atoms with van der Waals surface area (Å²) >= 11 is 0. The molecule has 0 saturated heterocycles. The highest BCUT2D eigenvalue weighted by molar-refractivity contribution is 5.88. The number of rotatable bonds is 7. The van der Waals surface area contributed by atoms with Gasteiger partial charge in [0.2, 0.25) is 5.91 Å². The molecule has 1 heterocycles. The second-order valence-corrected chi connectivity index (χ2v) is 7.47. The molecule has 1 amide bonds. The van der Waals surface area contributed by atoms with Crippen LogP contribution in [-0.2, 0) is 17.9 Å². The molecule has 0 unspecified atom stereocenters. The lowest BCUT2D eigenvalue weighted by Gasteiger charge is -2.14. The monoisotopic (exact) mass is 399 g/mol. The van der Waals surface area contributed by atoms with E-state index in [4.69, 9.17) is 4.74 Å². The van der Waals surface area contributed by atoms with Crippen LogP contribution in [0.3, 0.4) is 0 Å². The third kappa shape index (κ3) is 4.51. The number of ether oxygens (including phenoxy) is 1. The lowest BCUT2D eigenvalue weighted by molar-refractivity contribution is -0.122. The zero-order chi connectivity index (χ0) is 20.9. The fourth-order valence-corrected chi connectivity index (χ4v) is 3.56. The number of carbonyl (C=O) groups excluding carboxylic acids is 1. The normalized spacial score (nSPS) is 11.9. The van der Waals surface area contributed by atoms with E-state index in [1.807, 2.05) is 60.2 Å². The highest BCUT2D eigenvalue weighted by Gasteiger charge is 2.15. The van der Waals surface area contributed by atoms with Gasteiger partial charge in [0.05, 0.1) is 19.4 Å². The number of hydrogen-bond acceptors (Lipinski definition) is 3. The zero-order valence-electron chi connectivity index (χ0n) is 17.2. The number of benzene rings is 3. The van der Waals surface area contributed by atoms with Gasteiger partial charge in [-0.15, -0.1) is 0 Å². The molecule has 5 heteroatoms. The molecule has 3 aromatic carbocycles. The molecule has 1 atom stereocenters. The van der Waals surface area contributed by atoms with E-state index >= 15 is 0 Å². The standard InChI is InChI=1S/C25H25N3O2/c1-18(21-6-7-23-14-24(30-2)9-8-22(23)13-21)25(29)27-15-19-4-3-5-20(12-19)16-28-11-10-26-17-28/h3-14,17-18H,15-16H2,1-2H3,(H,27,29)/t18-/m0/s1. The van der Waals surface area contributed by atoms with Crippen LogP contribution in [0.15, 0.2) is 79.4 Å². The van der Waals surface area contributed by atoms with Crippen molar-refractivity contribution in [2.24, 2.45) is 0 Å². The summed E-state index contributed by atoms with van der Waals surface area (Å²) in [6.45, 7) is 3.21. The summed E-state index contributed by atoms with van der Waals surface area (Å²) in [7, 11) is 1.66. The van der Waals surface area contributed by atoms with Gasteiger partial charge in [-0.1, -0.05) is 48.5 Å². The van der Waals surface area contributed by atoms with Crippen molar-refractivity contribution in [3.05, 3.63) is 96.1 Å². The van der Waals surface area contributed by atoms with E-state index in [1.165, 1.54) is 5.56 Å². The molecule has 0 radical (unpaired) electrons. The van der Waals surface area contributed by atoms with E-state index in [2.05, 4.69) is 28.5 Å². The van der Waals surface area contributed by atoms with E-state index in [0.29, 0.717) is 6.54 Å². The minimum atomic E-state index is -0.231. The van der Waals surface area contributed by atoms with Gasteiger partial charge in [-0.3, -0.25) is 4.79 Å². The van der Waals surface area contributed by atoms with Gasteiger partial charge >= 0.3 is 0 Å². The third-order valence-corrected chi connectivity index (χ3v) is 5.35. The lowest BCUT2D eigenvalue weighted by Crippen LogP contribution is -2.27. The van der Waals surface area contributed by atoms with Crippen LogP contribution >= 0.6 is 0 Å². The minimum absolute atomic E-state index is 0.0166. The Labute approximate surface area is 176 Å². The molecular formula is C25H25N3O2. The molecule has 0 spiro atoms. The van der Waals surface area contributed by atoms with Crippen molar-refractivity contribution in [1.29, 1.82) is 0 Å². The number of nitrogens with one attached hydrogen (secondary N) is 1. The molecule has 0 saturated carbocycles. The molecule has 0 bridgehead atoms. The summed E-state index contributed by atoms with van der Waals surface area (Å²) in [5, 5.41) is 5.27. The summed E-state index contributed by atoms with van der Waals surface area (Å²) in [6.07, 6.45) is 5.51. The van der Waals surface area contributed by atoms with Gasteiger partial charge in [-0.2, -0.15) is 0 Å². The molecule has 0 aliphatic heterocycles. The van der Waals surface area contributed by atoms with Gasteiger partial charge in [-0.25, -0.2) is 4.98 Å². The highest BCUT2D eigenvalue weighted by Crippen LogP contribution is 2.25. The largest absolute Gasteiger partial charge is 0.497 e. The Morgan fingerprint density at radius 1 is 1.07 bits per heavy atom. The Morgan fingerprint density at radius 3 is 2.67 bits per heavy atom. The van der Waals surface area contributed by atoms with E-state index in [1.54, 1.807) is 19.6 Å². The molecule has 152 valence electrons. The fraction of sp³-hybridized carbons (Fsp3) is 0.200. The first-order chi connectivity index (χ1) is 14.6. The van der Waals surface area contributed by atoms with Crippen molar-refractivity contribution < 1.29 is 9.53 Å². The average molecular weight is 399 g/mol. The molecule has 5 nitrogen and oxygen atoms in total. The molecule has 1 N–H and O–H groups in total. The maximum absolute atomic E-state index is 12.8. The van der Waals surface area contributed by atoms with Crippen molar-refractivity contribution in [1.82, 2.24) is 14.9 Å². The average Bonchev–Trinajstić information content (AvgIpc) is 3.29. The number of methoxy groups -OCH3 is 1. The summed E-state index contributed by atoms with van der Waals surface area (Å²) in [4.78, 5) is 16.8. The topological polar surface area (TPSA) is 56.1 Å². The van der Waals surface area contributed by atoms with Crippen molar-refractivity contribution in [2.45, 2.75) is 25.9 Å². The molecule has 0 aliphatic rings. The van der Waals surface area contributed by atoms with Gasteiger partial charge < -0.3 is 14.6 Å². The maximum Gasteiger partial charge on any atom is 0.227 e. The van der Waals surface area contributed by atoms with Crippen LogP contribution in [0.2, 0.25) is 0 Å². The third-order valence-electron chi connectivity index (χ3n) is 5.35. The molecule has 4 rings (SSSR count). The highest BCUT2D eigenvalue weighted by atomic mass is 16.5. The van der Waals surface area contributed by atoms with E-state index < -0.39 is 0 Å². The molecule has 30 heavy (non-hydrogen) atoms. The number of carbonyl (C=O) groups is 1. The molecule has 1 aromatic heterocycles. The quantitative estimate of drug-likeness (QED) is 0.497. The number of nitrogens with zero attached hydrogens (tertiary/aromatic N) is 2. The van der Waals surface area contributed by atoms with Crippen LogP contribution in [0, 0.1) is 0 Å². The first-order valence-electron chi connectivity index (χ1n) is 10.0. The van der Waals surface area contributed by atoms with Crippen LogP contribution in [0.25, 0.3) is 10.8 Å². The number of amides is 1. The zero-order valence-corrected chi connectivity index (χ0v) is 17.2. The number of imidazole rings is 1. The second kappa shape index (κ2) is 8.82. The Kier molecular flexibility index (Phi) is 5.80. The Hall–Kier alpha value is -3.60. The summed E-state index contributed by atoms with van der Waals surface area (Å²) in [5.41, 5.74) is 3.26.